The smallest absolute Gasteiger partial charge is 0.272 e. The Morgan fingerprint density at radius 3 is 2.57 bits per heavy atom. The predicted molar refractivity (Wildman–Crippen MR) is 82.2 cm³/mol. The number of carbonyl (C=O) groups is 1. The molecule has 1 aromatic heterocycles. The number of carbonyl (C=O) groups excluding carboxylic acids is 1. The summed E-state index contributed by atoms with van der Waals surface area (Å²) in [6, 6.07) is 12.0. The van der Waals surface area contributed by atoms with Crippen molar-refractivity contribution in [2.75, 3.05) is 7.05 Å². The first kappa shape index (κ1) is 15.5. The maximum Gasteiger partial charge on any atom is 0.272 e. The molecular weight excluding hydrogens is 288 g/mol. The highest BCUT2D eigenvalue weighted by atomic mass is 35.5. The predicted octanol–water partition coefficient (Wildman–Crippen LogP) is 2.93. The molecule has 0 fully saturated rings. The van der Waals surface area contributed by atoms with Crippen LogP contribution in [0, 0.1) is 0 Å². The number of rotatable bonds is 4. The van der Waals surface area contributed by atoms with E-state index in [1.807, 2.05) is 30.3 Å². The summed E-state index contributed by atoms with van der Waals surface area (Å²) in [6.07, 6.45) is 0.723. The third-order valence-electron chi connectivity index (χ3n) is 3.47. The maximum absolute atomic E-state index is 12.4. The molecule has 0 aliphatic rings. The molecule has 0 unspecified atom stereocenters. The van der Waals surface area contributed by atoms with Crippen LogP contribution in [0.3, 0.4) is 0 Å². The van der Waals surface area contributed by atoms with Gasteiger partial charge in [-0.3, -0.25) is 9.78 Å². The van der Waals surface area contributed by atoms with Crippen LogP contribution < -0.4 is 0 Å². The van der Waals surface area contributed by atoms with Gasteiger partial charge in [0.15, 0.2) is 0 Å². The Morgan fingerprint density at radius 2 is 1.95 bits per heavy atom. The highest BCUT2D eigenvalue weighted by Gasteiger charge is 2.25. The first-order valence-corrected chi connectivity index (χ1v) is 7.00. The topological polar surface area (TPSA) is 53.4 Å². The van der Waals surface area contributed by atoms with Crippen LogP contribution in [0.5, 0.6) is 0 Å². The molecule has 0 bridgehead atoms. The fraction of sp³-hybridized carbons (Fsp3) is 0.250. The fourth-order valence-electron chi connectivity index (χ4n) is 2.03. The van der Waals surface area contributed by atoms with E-state index < -0.39 is 6.10 Å². The highest BCUT2D eigenvalue weighted by molar-refractivity contribution is 6.30. The van der Waals surface area contributed by atoms with Crippen LogP contribution in [0.4, 0.5) is 0 Å². The molecule has 0 spiro atoms. The second kappa shape index (κ2) is 6.70. The van der Waals surface area contributed by atoms with Crippen molar-refractivity contribution in [1.82, 2.24) is 9.88 Å². The minimum atomic E-state index is -0.765. The van der Waals surface area contributed by atoms with Crippen LogP contribution in [0.15, 0.2) is 48.7 Å². The first-order chi connectivity index (χ1) is 10.0. The number of pyridine rings is 1. The highest BCUT2D eigenvalue weighted by Crippen LogP contribution is 2.21. The molecule has 2 atom stereocenters. The average molecular weight is 305 g/mol. The molecule has 0 aliphatic heterocycles. The lowest BCUT2D eigenvalue weighted by Gasteiger charge is -2.29. The van der Waals surface area contributed by atoms with Crippen molar-refractivity contribution in [3.63, 3.8) is 0 Å². The van der Waals surface area contributed by atoms with Crippen molar-refractivity contribution in [2.45, 2.75) is 19.1 Å². The van der Waals surface area contributed by atoms with E-state index in [-0.39, 0.29) is 17.6 Å². The summed E-state index contributed by atoms with van der Waals surface area (Å²) in [6.45, 7) is 1.79. The van der Waals surface area contributed by atoms with Crippen molar-refractivity contribution in [2.24, 2.45) is 0 Å². The molecule has 1 aromatic carbocycles. The van der Waals surface area contributed by atoms with E-state index in [1.54, 1.807) is 20.0 Å². The largest absolute Gasteiger partial charge is 0.386 e. The number of hydrogen-bond acceptors (Lipinski definition) is 3. The summed E-state index contributed by atoms with van der Waals surface area (Å²) < 4.78 is 0. The molecule has 110 valence electrons. The van der Waals surface area contributed by atoms with Crippen LogP contribution in [-0.4, -0.2) is 34.0 Å². The number of hydrogen-bond donors (Lipinski definition) is 1. The number of aliphatic hydroxyl groups excluding tert-OH is 1. The number of amides is 1. The molecule has 4 nitrogen and oxygen atoms in total. The van der Waals surface area contributed by atoms with Gasteiger partial charge in [0.25, 0.3) is 5.91 Å². The Kier molecular flexibility index (Phi) is 4.94. The van der Waals surface area contributed by atoms with Gasteiger partial charge in [-0.25, -0.2) is 0 Å². The van der Waals surface area contributed by atoms with Crippen molar-refractivity contribution >= 4 is 17.5 Å². The summed E-state index contributed by atoms with van der Waals surface area (Å²) in [5.74, 6) is -0.278. The Bertz CT molecular complexity index is 619. The van der Waals surface area contributed by atoms with Gasteiger partial charge in [0.1, 0.15) is 5.69 Å². The lowest BCUT2D eigenvalue weighted by molar-refractivity contribution is 0.0482. The van der Waals surface area contributed by atoms with Crippen molar-refractivity contribution in [3.05, 3.63) is 64.9 Å². The quantitative estimate of drug-likeness (QED) is 0.945. The van der Waals surface area contributed by atoms with Gasteiger partial charge >= 0.3 is 0 Å². The Hall–Kier alpha value is -1.91. The number of aromatic nitrogens is 1. The van der Waals surface area contributed by atoms with Crippen LogP contribution in [-0.2, 0) is 0 Å². The lowest BCUT2D eigenvalue weighted by Crippen LogP contribution is -2.39. The molecule has 1 amide bonds. The molecule has 0 radical (unpaired) electrons. The van der Waals surface area contributed by atoms with E-state index in [4.69, 9.17) is 11.6 Å². The summed E-state index contributed by atoms with van der Waals surface area (Å²) in [5.41, 5.74) is 1.03. The zero-order valence-electron chi connectivity index (χ0n) is 11.9. The summed E-state index contributed by atoms with van der Waals surface area (Å²) in [5, 5.41) is 10.8. The van der Waals surface area contributed by atoms with Gasteiger partial charge in [0.05, 0.1) is 12.1 Å². The van der Waals surface area contributed by atoms with Gasteiger partial charge in [-0.05, 0) is 24.6 Å². The third-order valence-corrected chi connectivity index (χ3v) is 3.71. The Balaban J connectivity index is 2.15. The summed E-state index contributed by atoms with van der Waals surface area (Å²) in [4.78, 5) is 17.9. The molecule has 2 rings (SSSR count). The zero-order chi connectivity index (χ0) is 15.4. The molecule has 0 aliphatic carbocycles. The molecule has 21 heavy (non-hydrogen) atoms. The van der Waals surface area contributed by atoms with E-state index in [9.17, 15) is 9.90 Å². The molecule has 1 heterocycles. The van der Waals surface area contributed by atoms with Crippen molar-refractivity contribution in [1.29, 1.82) is 0 Å². The lowest BCUT2D eigenvalue weighted by atomic mass is 10.0. The van der Waals surface area contributed by atoms with E-state index in [0.29, 0.717) is 5.02 Å². The minimum Gasteiger partial charge on any atom is -0.386 e. The second-order valence-corrected chi connectivity index (χ2v) is 5.31. The Labute approximate surface area is 129 Å². The molecule has 0 saturated heterocycles. The van der Waals surface area contributed by atoms with Gasteiger partial charge in [-0.2, -0.15) is 0 Å². The zero-order valence-corrected chi connectivity index (χ0v) is 12.7. The SMILES string of the molecule is C[C@@H]([C@@H](O)c1ccccc1)N(C)C(=O)c1cc(Cl)ccn1. The van der Waals surface area contributed by atoms with Crippen molar-refractivity contribution < 1.29 is 9.90 Å². The third kappa shape index (κ3) is 3.60. The number of aliphatic hydroxyl groups is 1. The monoisotopic (exact) mass is 304 g/mol. The minimum absolute atomic E-state index is 0.261. The fourth-order valence-corrected chi connectivity index (χ4v) is 2.19. The van der Waals surface area contributed by atoms with Crippen LogP contribution >= 0.6 is 11.6 Å². The van der Waals surface area contributed by atoms with Gasteiger partial charge in [0.2, 0.25) is 0 Å². The molecular formula is C16H17ClN2O2. The van der Waals surface area contributed by atoms with E-state index in [0.717, 1.165) is 5.56 Å². The normalized spacial score (nSPS) is 13.5. The maximum atomic E-state index is 12.4. The van der Waals surface area contributed by atoms with E-state index in [1.165, 1.54) is 17.2 Å². The average Bonchev–Trinajstić information content (AvgIpc) is 2.53. The van der Waals surface area contributed by atoms with Gasteiger partial charge < -0.3 is 10.0 Å². The van der Waals surface area contributed by atoms with Crippen LogP contribution in [0.2, 0.25) is 5.02 Å². The van der Waals surface area contributed by atoms with Crippen molar-refractivity contribution in [3.8, 4) is 0 Å². The first-order valence-electron chi connectivity index (χ1n) is 6.62. The Morgan fingerprint density at radius 1 is 1.29 bits per heavy atom. The molecule has 2 aromatic rings. The standard InChI is InChI=1S/C16H17ClN2O2/c1-11(15(20)12-6-4-3-5-7-12)19(2)16(21)14-10-13(17)8-9-18-14/h3-11,15,20H,1-2H3/t11-,15+/m0/s1. The van der Waals surface area contributed by atoms with Crippen LogP contribution in [0.25, 0.3) is 0 Å². The van der Waals surface area contributed by atoms with E-state index in [2.05, 4.69) is 4.98 Å². The molecule has 1 N–H and O–H groups in total. The van der Waals surface area contributed by atoms with Crippen LogP contribution in [0.1, 0.15) is 29.1 Å². The molecule has 0 saturated carbocycles. The van der Waals surface area contributed by atoms with Gasteiger partial charge in [-0.1, -0.05) is 41.9 Å². The number of benzene rings is 1. The summed E-state index contributed by atoms with van der Waals surface area (Å²) >= 11 is 5.87. The summed E-state index contributed by atoms with van der Waals surface area (Å²) in [7, 11) is 1.64. The number of likely N-dealkylation sites (N-methyl/N-ethyl adjacent to an activating group) is 1. The second-order valence-electron chi connectivity index (χ2n) is 4.87. The van der Waals surface area contributed by atoms with E-state index >= 15 is 0 Å². The van der Waals surface area contributed by atoms with Gasteiger partial charge in [0, 0.05) is 18.3 Å². The molecule has 5 heteroatoms. The number of nitrogens with zero attached hydrogens (tertiary/aromatic N) is 2. The number of halogens is 1. The van der Waals surface area contributed by atoms with Gasteiger partial charge in [-0.15, -0.1) is 0 Å².